The molecule has 1 aliphatic carbocycles. The van der Waals surface area contributed by atoms with Gasteiger partial charge in [-0.25, -0.2) is 0 Å². The van der Waals surface area contributed by atoms with Crippen molar-refractivity contribution < 1.29 is 9.72 Å². The van der Waals surface area contributed by atoms with Crippen molar-refractivity contribution in [2.24, 2.45) is 0 Å². The van der Waals surface area contributed by atoms with E-state index in [-0.39, 0.29) is 18.1 Å². The van der Waals surface area contributed by atoms with E-state index in [4.69, 9.17) is 0 Å². The Balaban J connectivity index is 1.88. The number of amides is 1. The lowest BCUT2D eigenvalue weighted by Crippen LogP contribution is -2.34. The summed E-state index contributed by atoms with van der Waals surface area (Å²) in [6.07, 6.45) is 4.70. The van der Waals surface area contributed by atoms with Crippen LogP contribution in [0.1, 0.15) is 31.2 Å². The van der Waals surface area contributed by atoms with E-state index < -0.39 is 4.92 Å². The van der Waals surface area contributed by atoms with Crippen LogP contribution in [0.2, 0.25) is 0 Å². The van der Waals surface area contributed by atoms with Crippen LogP contribution in [-0.4, -0.2) is 23.4 Å². The molecule has 0 aliphatic heterocycles. The van der Waals surface area contributed by atoms with Gasteiger partial charge >= 0.3 is 0 Å². The van der Waals surface area contributed by atoms with Crippen molar-refractivity contribution in [3.8, 4) is 0 Å². The number of hydrogen-bond acceptors (Lipinski definition) is 4. The fourth-order valence-corrected chi connectivity index (χ4v) is 2.46. The van der Waals surface area contributed by atoms with Crippen LogP contribution >= 0.6 is 0 Å². The topological polar surface area (TPSA) is 84.3 Å². The molecule has 20 heavy (non-hydrogen) atoms. The van der Waals surface area contributed by atoms with Gasteiger partial charge in [0.1, 0.15) is 0 Å². The van der Waals surface area contributed by atoms with Crippen LogP contribution in [0, 0.1) is 17.0 Å². The Morgan fingerprint density at radius 3 is 2.70 bits per heavy atom. The summed E-state index contributed by atoms with van der Waals surface area (Å²) < 4.78 is 0. The molecule has 0 saturated heterocycles. The Morgan fingerprint density at radius 1 is 1.40 bits per heavy atom. The number of nitrogens with one attached hydrogen (secondary N) is 2. The van der Waals surface area contributed by atoms with Crippen molar-refractivity contribution in [2.45, 2.75) is 38.6 Å². The highest BCUT2D eigenvalue weighted by atomic mass is 16.6. The SMILES string of the molecule is Cc1cc([N+](=O)[O-])ccc1NC(=O)CNC1CCCC1. The van der Waals surface area contributed by atoms with Gasteiger partial charge in [-0.05, 0) is 31.4 Å². The molecule has 2 N–H and O–H groups in total. The molecule has 6 heteroatoms. The summed E-state index contributed by atoms with van der Waals surface area (Å²) in [7, 11) is 0. The number of carbonyl (C=O) groups excluding carboxylic acids is 1. The quantitative estimate of drug-likeness (QED) is 0.639. The van der Waals surface area contributed by atoms with E-state index in [1.54, 1.807) is 13.0 Å². The third-order valence-corrected chi connectivity index (χ3v) is 3.60. The van der Waals surface area contributed by atoms with Crippen LogP contribution < -0.4 is 10.6 Å². The van der Waals surface area contributed by atoms with Crippen LogP contribution in [0.5, 0.6) is 0 Å². The Morgan fingerprint density at radius 2 is 2.10 bits per heavy atom. The molecule has 0 bridgehead atoms. The highest BCUT2D eigenvalue weighted by Gasteiger charge is 2.16. The third kappa shape index (κ3) is 3.77. The second-order valence-corrected chi connectivity index (χ2v) is 5.17. The summed E-state index contributed by atoms with van der Waals surface area (Å²) >= 11 is 0. The van der Waals surface area contributed by atoms with Crippen molar-refractivity contribution in [1.29, 1.82) is 0 Å². The molecule has 0 unspecified atom stereocenters. The van der Waals surface area contributed by atoms with Crippen LogP contribution in [0.15, 0.2) is 18.2 Å². The fraction of sp³-hybridized carbons (Fsp3) is 0.500. The van der Waals surface area contributed by atoms with Gasteiger partial charge in [-0.1, -0.05) is 12.8 Å². The maximum atomic E-state index is 11.8. The second kappa shape index (κ2) is 6.47. The molecule has 1 amide bonds. The summed E-state index contributed by atoms with van der Waals surface area (Å²) in [5.74, 6) is -0.117. The Kier molecular flexibility index (Phi) is 4.68. The van der Waals surface area contributed by atoms with Crippen molar-refractivity contribution in [1.82, 2.24) is 5.32 Å². The van der Waals surface area contributed by atoms with E-state index in [0.717, 1.165) is 12.8 Å². The molecule has 1 aromatic carbocycles. The van der Waals surface area contributed by atoms with Crippen molar-refractivity contribution in [2.75, 3.05) is 11.9 Å². The predicted octanol–water partition coefficient (Wildman–Crippen LogP) is 2.37. The number of benzene rings is 1. The molecule has 0 spiro atoms. The zero-order valence-corrected chi connectivity index (χ0v) is 11.5. The number of nitro benzene ring substituents is 1. The smallest absolute Gasteiger partial charge is 0.269 e. The first-order valence-electron chi connectivity index (χ1n) is 6.84. The van der Waals surface area contributed by atoms with Gasteiger partial charge in [-0.2, -0.15) is 0 Å². The summed E-state index contributed by atoms with van der Waals surface area (Å²) in [6, 6.07) is 4.87. The largest absolute Gasteiger partial charge is 0.325 e. The van der Waals surface area contributed by atoms with Gasteiger partial charge in [0.05, 0.1) is 11.5 Å². The summed E-state index contributed by atoms with van der Waals surface area (Å²) in [5.41, 5.74) is 1.34. The first-order valence-corrected chi connectivity index (χ1v) is 6.84. The Bertz CT molecular complexity index is 510. The van der Waals surface area contributed by atoms with Gasteiger partial charge in [-0.3, -0.25) is 14.9 Å². The molecular formula is C14H19N3O3. The van der Waals surface area contributed by atoms with Gasteiger partial charge in [0.25, 0.3) is 5.69 Å². The third-order valence-electron chi connectivity index (χ3n) is 3.60. The van der Waals surface area contributed by atoms with E-state index >= 15 is 0 Å². The van der Waals surface area contributed by atoms with E-state index in [1.165, 1.54) is 25.0 Å². The highest BCUT2D eigenvalue weighted by molar-refractivity contribution is 5.93. The van der Waals surface area contributed by atoms with Gasteiger partial charge in [0, 0.05) is 23.9 Å². The molecule has 6 nitrogen and oxygen atoms in total. The number of nitro groups is 1. The normalized spacial score (nSPS) is 15.2. The van der Waals surface area contributed by atoms with Crippen molar-refractivity contribution in [3.05, 3.63) is 33.9 Å². The second-order valence-electron chi connectivity index (χ2n) is 5.17. The monoisotopic (exact) mass is 277 g/mol. The molecule has 0 radical (unpaired) electrons. The maximum absolute atomic E-state index is 11.8. The number of nitrogens with zero attached hydrogens (tertiary/aromatic N) is 1. The number of rotatable bonds is 5. The molecule has 1 aromatic rings. The van der Waals surface area contributed by atoms with Crippen LogP contribution in [0.4, 0.5) is 11.4 Å². The van der Waals surface area contributed by atoms with Crippen LogP contribution in [-0.2, 0) is 4.79 Å². The minimum atomic E-state index is -0.444. The van der Waals surface area contributed by atoms with Crippen LogP contribution in [0.3, 0.4) is 0 Å². The van der Waals surface area contributed by atoms with Crippen LogP contribution in [0.25, 0.3) is 0 Å². The molecule has 1 saturated carbocycles. The molecule has 0 atom stereocenters. The lowest BCUT2D eigenvalue weighted by atomic mass is 10.2. The summed E-state index contributed by atoms with van der Waals surface area (Å²) in [6.45, 7) is 2.02. The van der Waals surface area contributed by atoms with E-state index in [2.05, 4.69) is 10.6 Å². The molecule has 0 heterocycles. The van der Waals surface area contributed by atoms with Gasteiger partial charge in [0.2, 0.25) is 5.91 Å². The number of non-ortho nitro benzene ring substituents is 1. The Hall–Kier alpha value is -1.95. The summed E-state index contributed by atoms with van der Waals surface area (Å²) in [4.78, 5) is 22.0. The lowest BCUT2D eigenvalue weighted by Gasteiger charge is -2.12. The molecule has 0 aromatic heterocycles. The highest BCUT2D eigenvalue weighted by Crippen LogP contribution is 2.21. The number of aryl methyl sites for hydroxylation is 1. The molecular weight excluding hydrogens is 258 g/mol. The van der Waals surface area contributed by atoms with Gasteiger partial charge in [0.15, 0.2) is 0 Å². The standard InChI is InChI=1S/C14H19N3O3/c1-10-8-12(17(19)20)6-7-13(10)16-14(18)9-15-11-4-2-3-5-11/h6-8,11,15H,2-5,9H2,1H3,(H,16,18). The predicted molar refractivity (Wildman–Crippen MR) is 76.7 cm³/mol. The van der Waals surface area contributed by atoms with Crippen molar-refractivity contribution in [3.63, 3.8) is 0 Å². The number of carbonyl (C=O) groups is 1. The number of anilines is 1. The number of hydrogen-bond donors (Lipinski definition) is 2. The minimum absolute atomic E-state index is 0.0320. The van der Waals surface area contributed by atoms with Crippen molar-refractivity contribution >= 4 is 17.3 Å². The Labute approximate surface area is 117 Å². The van der Waals surface area contributed by atoms with Gasteiger partial charge < -0.3 is 10.6 Å². The first kappa shape index (κ1) is 14.5. The minimum Gasteiger partial charge on any atom is -0.325 e. The van der Waals surface area contributed by atoms with Gasteiger partial charge in [-0.15, -0.1) is 0 Å². The molecule has 1 fully saturated rings. The fourth-order valence-electron chi connectivity index (χ4n) is 2.46. The average molecular weight is 277 g/mol. The molecule has 108 valence electrons. The summed E-state index contributed by atoms with van der Waals surface area (Å²) in [5, 5.41) is 16.7. The first-order chi connectivity index (χ1) is 9.56. The zero-order valence-electron chi connectivity index (χ0n) is 11.5. The van der Waals surface area contributed by atoms with E-state index in [0.29, 0.717) is 17.3 Å². The lowest BCUT2D eigenvalue weighted by molar-refractivity contribution is -0.384. The molecule has 1 aliphatic rings. The maximum Gasteiger partial charge on any atom is 0.269 e. The van der Waals surface area contributed by atoms with E-state index in [9.17, 15) is 14.9 Å². The zero-order chi connectivity index (χ0) is 14.5. The molecule has 2 rings (SSSR count). The average Bonchev–Trinajstić information content (AvgIpc) is 2.91. The van der Waals surface area contributed by atoms with E-state index in [1.807, 2.05) is 0 Å².